The molecule has 106 valence electrons. The molecule has 0 bridgehead atoms. The third kappa shape index (κ3) is 2.70. The van der Waals surface area contributed by atoms with Crippen molar-refractivity contribution >= 4 is 16.8 Å². The van der Waals surface area contributed by atoms with Crippen molar-refractivity contribution in [1.82, 2.24) is 15.1 Å². The van der Waals surface area contributed by atoms with E-state index in [1.165, 1.54) is 0 Å². The zero-order chi connectivity index (χ0) is 14.5. The van der Waals surface area contributed by atoms with Crippen LogP contribution in [-0.2, 0) is 11.3 Å². The maximum absolute atomic E-state index is 12.3. The number of nitrogens with one attached hydrogen (secondary N) is 1. The number of hydrogen-bond acceptors (Lipinski definition) is 4. The number of benzene rings is 1. The number of carbonyl (C=O) groups is 1. The van der Waals surface area contributed by atoms with E-state index in [9.17, 15) is 9.59 Å². The molecule has 0 atom stereocenters. The Hall–Kier alpha value is -2.21. The van der Waals surface area contributed by atoms with Crippen molar-refractivity contribution in [1.29, 1.82) is 0 Å². The quantitative estimate of drug-likeness (QED) is 0.819. The van der Waals surface area contributed by atoms with Crippen molar-refractivity contribution < 1.29 is 9.53 Å². The molecule has 2 rings (SSSR count). The number of carbonyl (C=O) groups excluding carboxylic acids is 1. The van der Waals surface area contributed by atoms with Crippen molar-refractivity contribution in [2.45, 2.75) is 13.5 Å². The number of rotatable bonds is 5. The second-order valence-electron chi connectivity index (χ2n) is 4.26. The van der Waals surface area contributed by atoms with E-state index >= 15 is 0 Å². The molecule has 1 N–H and O–H groups in total. The predicted octanol–water partition coefficient (Wildman–Crippen LogP) is 0.793. The Bertz CT molecular complexity index is 679. The lowest BCUT2D eigenvalue weighted by atomic mass is 10.2. The highest BCUT2D eigenvalue weighted by Gasteiger charge is 2.16. The minimum atomic E-state index is -0.472. The largest absolute Gasteiger partial charge is 0.383 e. The van der Waals surface area contributed by atoms with Gasteiger partial charge in [-0.05, 0) is 19.1 Å². The van der Waals surface area contributed by atoms with Crippen LogP contribution >= 0.6 is 0 Å². The lowest BCUT2D eigenvalue weighted by molar-refractivity contribution is 0.0929. The lowest BCUT2D eigenvalue weighted by Gasteiger charge is -2.10. The van der Waals surface area contributed by atoms with Crippen LogP contribution in [0.4, 0.5) is 0 Å². The van der Waals surface area contributed by atoms with Gasteiger partial charge in [0.1, 0.15) is 0 Å². The number of ether oxygens (including phenoxy) is 1. The van der Waals surface area contributed by atoms with Gasteiger partial charge in [-0.2, -0.15) is 5.10 Å². The van der Waals surface area contributed by atoms with Gasteiger partial charge in [0.05, 0.1) is 12.1 Å². The standard InChI is InChI=1S/C14H17N3O3/c1-3-17-11-7-5-4-6-10(11)13(18)12(16-17)14(19)15-8-9-20-2/h4-7H,3,8-9H2,1-2H3,(H,15,19). The fourth-order valence-electron chi connectivity index (χ4n) is 1.98. The Labute approximate surface area is 116 Å². The van der Waals surface area contributed by atoms with Crippen molar-refractivity contribution in [2.24, 2.45) is 0 Å². The van der Waals surface area contributed by atoms with Crippen LogP contribution in [0.3, 0.4) is 0 Å². The molecule has 1 aromatic heterocycles. The maximum Gasteiger partial charge on any atom is 0.275 e. The van der Waals surface area contributed by atoms with Gasteiger partial charge in [0.25, 0.3) is 5.91 Å². The number of aromatic nitrogens is 2. The monoisotopic (exact) mass is 275 g/mol. The zero-order valence-electron chi connectivity index (χ0n) is 11.5. The van der Waals surface area contributed by atoms with E-state index in [1.54, 1.807) is 23.9 Å². The van der Waals surface area contributed by atoms with Gasteiger partial charge in [0.15, 0.2) is 5.69 Å². The molecule has 0 spiro atoms. The van der Waals surface area contributed by atoms with Gasteiger partial charge in [-0.1, -0.05) is 12.1 Å². The molecular formula is C14H17N3O3. The van der Waals surface area contributed by atoms with Gasteiger partial charge >= 0.3 is 0 Å². The Morgan fingerprint density at radius 3 is 2.85 bits per heavy atom. The van der Waals surface area contributed by atoms with Gasteiger partial charge < -0.3 is 10.1 Å². The molecule has 6 heteroatoms. The number of aryl methyl sites for hydroxylation is 1. The van der Waals surface area contributed by atoms with Crippen LogP contribution in [0, 0.1) is 0 Å². The molecular weight excluding hydrogens is 258 g/mol. The second-order valence-corrected chi connectivity index (χ2v) is 4.26. The first-order chi connectivity index (χ1) is 9.69. The zero-order valence-corrected chi connectivity index (χ0v) is 11.5. The second kappa shape index (κ2) is 6.29. The first kappa shape index (κ1) is 14.2. The third-order valence-corrected chi connectivity index (χ3v) is 2.97. The number of nitrogens with zero attached hydrogens (tertiary/aromatic N) is 2. The van der Waals surface area contributed by atoms with E-state index in [1.807, 2.05) is 19.1 Å². The highest BCUT2D eigenvalue weighted by atomic mass is 16.5. The summed E-state index contributed by atoms with van der Waals surface area (Å²) in [6.45, 7) is 3.23. The van der Waals surface area contributed by atoms with Gasteiger partial charge in [0, 0.05) is 25.6 Å². The molecule has 0 saturated carbocycles. The van der Waals surface area contributed by atoms with Gasteiger partial charge in [0.2, 0.25) is 5.43 Å². The predicted molar refractivity (Wildman–Crippen MR) is 75.9 cm³/mol. The Morgan fingerprint density at radius 1 is 1.40 bits per heavy atom. The van der Waals surface area contributed by atoms with Crippen LogP contribution in [0.5, 0.6) is 0 Å². The molecule has 1 heterocycles. The molecule has 20 heavy (non-hydrogen) atoms. The van der Waals surface area contributed by atoms with Gasteiger partial charge in [-0.15, -0.1) is 0 Å². The smallest absolute Gasteiger partial charge is 0.275 e. The SMILES string of the molecule is CCn1nc(C(=O)NCCOC)c(=O)c2ccccc21. The summed E-state index contributed by atoms with van der Waals surface area (Å²) >= 11 is 0. The van der Waals surface area contributed by atoms with E-state index in [0.717, 1.165) is 5.52 Å². The molecule has 0 saturated heterocycles. The summed E-state index contributed by atoms with van der Waals surface area (Å²) in [5.74, 6) is -0.472. The molecule has 6 nitrogen and oxygen atoms in total. The number of amides is 1. The minimum absolute atomic E-state index is 0.0818. The molecule has 0 radical (unpaired) electrons. The summed E-state index contributed by atoms with van der Waals surface area (Å²) in [5.41, 5.74) is 0.301. The van der Waals surface area contributed by atoms with Gasteiger partial charge in [-0.3, -0.25) is 14.3 Å². The summed E-state index contributed by atoms with van der Waals surface area (Å²) in [7, 11) is 1.55. The molecule has 0 fully saturated rings. The van der Waals surface area contributed by atoms with Crippen LogP contribution in [0.15, 0.2) is 29.1 Å². The number of hydrogen-bond donors (Lipinski definition) is 1. The molecule has 0 aliphatic heterocycles. The molecule has 1 aromatic carbocycles. The minimum Gasteiger partial charge on any atom is -0.383 e. The van der Waals surface area contributed by atoms with Crippen LogP contribution < -0.4 is 10.7 Å². The molecule has 0 aliphatic carbocycles. The van der Waals surface area contributed by atoms with Crippen LogP contribution in [0.25, 0.3) is 10.9 Å². The number of para-hydroxylation sites is 1. The van der Waals surface area contributed by atoms with Crippen molar-refractivity contribution in [3.05, 3.63) is 40.2 Å². The van der Waals surface area contributed by atoms with E-state index in [4.69, 9.17) is 4.74 Å². The summed E-state index contributed by atoms with van der Waals surface area (Å²) in [4.78, 5) is 24.3. The lowest BCUT2D eigenvalue weighted by Crippen LogP contribution is -2.33. The maximum atomic E-state index is 12.3. The molecule has 0 aliphatic rings. The summed E-state index contributed by atoms with van der Waals surface area (Å²) < 4.78 is 6.51. The Morgan fingerprint density at radius 2 is 2.15 bits per heavy atom. The summed E-state index contributed by atoms with van der Waals surface area (Å²) in [6.07, 6.45) is 0. The number of methoxy groups -OCH3 is 1. The van der Waals surface area contributed by atoms with Gasteiger partial charge in [-0.25, -0.2) is 0 Å². The van der Waals surface area contributed by atoms with E-state index in [0.29, 0.717) is 25.1 Å². The normalized spacial score (nSPS) is 10.7. The summed E-state index contributed by atoms with van der Waals surface area (Å²) in [6, 6.07) is 7.14. The van der Waals surface area contributed by atoms with E-state index < -0.39 is 5.91 Å². The first-order valence-electron chi connectivity index (χ1n) is 6.46. The number of fused-ring (bicyclic) bond motifs is 1. The Kier molecular flexibility index (Phi) is 4.47. The average molecular weight is 275 g/mol. The highest BCUT2D eigenvalue weighted by molar-refractivity contribution is 5.95. The van der Waals surface area contributed by atoms with Crippen molar-refractivity contribution in [2.75, 3.05) is 20.3 Å². The molecule has 1 amide bonds. The first-order valence-corrected chi connectivity index (χ1v) is 6.46. The fourth-order valence-corrected chi connectivity index (χ4v) is 1.98. The van der Waals surface area contributed by atoms with E-state index in [2.05, 4.69) is 10.4 Å². The average Bonchev–Trinajstić information content (AvgIpc) is 2.48. The topological polar surface area (TPSA) is 73.2 Å². The third-order valence-electron chi connectivity index (χ3n) is 2.97. The van der Waals surface area contributed by atoms with Crippen LogP contribution in [0.1, 0.15) is 17.4 Å². The molecule has 0 unspecified atom stereocenters. The highest BCUT2D eigenvalue weighted by Crippen LogP contribution is 2.09. The van der Waals surface area contributed by atoms with Crippen LogP contribution in [0.2, 0.25) is 0 Å². The Balaban J connectivity index is 2.46. The van der Waals surface area contributed by atoms with E-state index in [-0.39, 0.29) is 11.1 Å². The van der Waals surface area contributed by atoms with Crippen LogP contribution in [-0.4, -0.2) is 35.9 Å². The summed E-state index contributed by atoms with van der Waals surface area (Å²) in [5, 5.41) is 7.27. The van der Waals surface area contributed by atoms with Crippen molar-refractivity contribution in [3.63, 3.8) is 0 Å². The van der Waals surface area contributed by atoms with Crippen molar-refractivity contribution in [3.8, 4) is 0 Å². The fraction of sp³-hybridized carbons (Fsp3) is 0.357. The molecule has 2 aromatic rings.